The fourth-order valence-electron chi connectivity index (χ4n) is 3.78. The van der Waals surface area contributed by atoms with Gasteiger partial charge in [-0.1, -0.05) is 12.1 Å². The molecule has 0 saturated carbocycles. The molecule has 28 heavy (non-hydrogen) atoms. The Hall–Kier alpha value is -2.51. The smallest absolute Gasteiger partial charge is 0.182 e. The molecule has 1 aliphatic rings. The second-order valence-electron chi connectivity index (χ2n) is 7.13. The van der Waals surface area contributed by atoms with Crippen LogP contribution in [0, 0.1) is 5.82 Å². The van der Waals surface area contributed by atoms with E-state index >= 15 is 0 Å². The molecule has 0 radical (unpaired) electrons. The van der Waals surface area contributed by atoms with Crippen LogP contribution in [-0.4, -0.2) is 41.7 Å². The number of rotatable bonds is 4. The van der Waals surface area contributed by atoms with Crippen molar-refractivity contribution in [2.75, 3.05) is 13.1 Å². The topological polar surface area (TPSA) is 70.5 Å². The first-order valence-corrected chi connectivity index (χ1v) is 10.8. The number of pyridine rings is 1. The van der Waals surface area contributed by atoms with Crippen molar-refractivity contribution >= 4 is 20.7 Å². The van der Waals surface area contributed by atoms with Gasteiger partial charge < -0.3 is 5.11 Å². The summed E-state index contributed by atoms with van der Waals surface area (Å²) in [5, 5.41) is 9.96. The molecule has 2 heterocycles. The Morgan fingerprint density at radius 2 is 1.79 bits per heavy atom. The maximum absolute atomic E-state index is 13.2. The average Bonchev–Trinajstić information content (AvgIpc) is 2.70. The van der Waals surface area contributed by atoms with E-state index in [0.29, 0.717) is 43.4 Å². The molecule has 0 aliphatic carbocycles. The quantitative estimate of drug-likeness (QED) is 0.726. The van der Waals surface area contributed by atoms with E-state index in [1.807, 2.05) is 0 Å². The second kappa shape index (κ2) is 7.48. The van der Waals surface area contributed by atoms with Gasteiger partial charge in [-0.15, -0.1) is 0 Å². The van der Waals surface area contributed by atoms with E-state index in [1.165, 1.54) is 30.5 Å². The van der Waals surface area contributed by atoms with Gasteiger partial charge >= 0.3 is 0 Å². The SMILES string of the molecule is O=S(=O)(c1ccc(O)c2ncccc12)C1CCN(Cc2ccc(F)cc2)CC1. The summed E-state index contributed by atoms with van der Waals surface area (Å²) in [7, 11) is -3.53. The largest absolute Gasteiger partial charge is 0.506 e. The lowest BCUT2D eigenvalue weighted by molar-refractivity contribution is 0.222. The second-order valence-corrected chi connectivity index (χ2v) is 9.33. The Kier molecular flexibility index (Phi) is 5.03. The molecule has 1 fully saturated rings. The van der Waals surface area contributed by atoms with E-state index in [0.717, 1.165) is 5.56 Å². The van der Waals surface area contributed by atoms with Gasteiger partial charge in [-0.3, -0.25) is 9.88 Å². The van der Waals surface area contributed by atoms with Crippen molar-refractivity contribution in [1.29, 1.82) is 0 Å². The molecule has 1 aromatic heterocycles. The normalized spacial score (nSPS) is 16.5. The minimum absolute atomic E-state index is 0.0244. The molecule has 0 spiro atoms. The molecule has 5 nitrogen and oxygen atoms in total. The van der Waals surface area contributed by atoms with E-state index in [2.05, 4.69) is 9.88 Å². The summed E-state index contributed by atoms with van der Waals surface area (Å²) >= 11 is 0. The third kappa shape index (κ3) is 3.59. The zero-order chi connectivity index (χ0) is 19.7. The van der Waals surface area contributed by atoms with Gasteiger partial charge in [0, 0.05) is 18.1 Å². The first kappa shape index (κ1) is 18.8. The van der Waals surface area contributed by atoms with Gasteiger partial charge in [0.15, 0.2) is 9.84 Å². The molecule has 7 heteroatoms. The summed E-state index contributed by atoms with van der Waals surface area (Å²) in [5.41, 5.74) is 1.32. The fraction of sp³-hybridized carbons (Fsp3) is 0.286. The monoisotopic (exact) mass is 400 g/mol. The summed E-state index contributed by atoms with van der Waals surface area (Å²) in [6, 6.07) is 12.6. The third-order valence-corrected chi connectivity index (χ3v) is 7.63. The first-order chi connectivity index (χ1) is 13.4. The van der Waals surface area contributed by atoms with Crippen LogP contribution in [0.4, 0.5) is 4.39 Å². The Morgan fingerprint density at radius 1 is 1.07 bits per heavy atom. The number of aromatic hydroxyl groups is 1. The van der Waals surface area contributed by atoms with Crippen molar-refractivity contribution < 1.29 is 17.9 Å². The van der Waals surface area contributed by atoms with Crippen LogP contribution in [0.2, 0.25) is 0 Å². The number of likely N-dealkylation sites (tertiary alicyclic amines) is 1. The van der Waals surface area contributed by atoms with E-state index in [4.69, 9.17) is 0 Å². The van der Waals surface area contributed by atoms with E-state index in [1.54, 1.807) is 24.3 Å². The van der Waals surface area contributed by atoms with Gasteiger partial charge in [-0.2, -0.15) is 0 Å². The van der Waals surface area contributed by atoms with Gasteiger partial charge in [0.25, 0.3) is 0 Å². The molecular formula is C21H21FN2O3S. The van der Waals surface area contributed by atoms with Gasteiger partial charge in [-0.25, -0.2) is 12.8 Å². The van der Waals surface area contributed by atoms with Crippen molar-refractivity contribution in [3.05, 3.63) is 66.1 Å². The summed E-state index contributed by atoms with van der Waals surface area (Å²) in [6.07, 6.45) is 2.60. The number of hydrogen-bond acceptors (Lipinski definition) is 5. The van der Waals surface area contributed by atoms with Gasteiger partial charge in [0.2, 0.25) is 0 Å². The van der Waals surface area contributed by atoms with E-state index < -0.39 is 15.1 Å². The molecule has 1 N–H and O–H groups in total. The highest BCUT2D eigenvalue weighted by Gasteiger charge is 2.32. The molecule has 4 rings (SSSR count). The summed E-state index contributed by atoms with van der Waals surface area (Å²) in [5.74, 6) is -0.284. The van der Waals surface area contributed by atoms with Crippen LogP contribution in [0.15, 0.2) is 59.6 Å². The van der Waals surface area contributed by atoms with Crippen LogP contribution in [-0.2, 0) is 16.4 Å². The highest BCUT2D eigenvalue weighted by molar-refractivity contribution is 7.92. The number of benzene rings is 2. The lowest BCUT2D eigenvalue weighted by Crippen LogP contribution is -2.39. The first-order valence-electron chi connectivity index (χ1n) is 9.22. The predicted octanol–water partition coefficient (Wildman–Crippen LogP) is 3.52. The number of sulfone groups is 1. The van der Waals surface area contributed by atoms with Crippen LogP contribution in [0.3, 0.4) is 0 Å². The van der Waals surface area contributed by atoms with Gasteiger partial charge in [-0.05, 0) is 67.9 Å². The molecule has 3 aromatic rings. The maximum atomic E-state index is 13.2. The van der Waals surface area contributed by atoms with Crippen molar-refractivity contribution in [3.63, 3.8) is 0 Å². The van der Waals surface area contributed by atoms with Gasteiger partial charge in [0.05, 0.1) is 10.1 Å². The molecule has 2 aromatic carbocycles. The Morgan fingerprint density at radius 3 is 2.50 bits per heavy atom. The number of hydrogen-bond donors (Lipinski definition) is 1. The van der Waals surface area contributed by atoms with Crippen LogP contribution in [0.5, 0.6) is 5.75 Å². The molecule has 0 atom stereocenters. The number of aromatic nitrogens is 1. The van der Waals surface area contributed by atoms with Crippen molar-refractivity contribution in [1.82, 2.24) is 9.88 Å². The van der Waals surface area contributed by atoms with Crippen LogP contribution in [0.1, 0.15) is 18.4 Å². The molecule has 0 bridgehead atoms. The minimum atomic E-state index is -3.53. The standard InChI is InChI=1S/C21H21FN2O3S/c22-16-5-3-15(4-6-16)14-24-12-9-17(10-13-24)28(26,27)20-8-7-19(25)21-18(20)2-1-11-23-21/h1-8,11,17,25H,9-10,12-14H2. The molecular weight excluding hydrogens is 379 g/mol. The minimum Gasteiger partial charge on any atom is -0.506 e. The summed E-state index contributed by atoms with van der Waals surface area (Å²) in [6.45, 7) is 2.00. The van der Waals surface area contributed by atoms with E-state index in [9.17, 15) is 17.9 Å². The Bertz CT molecular complexity index is 1090. The Balaban J connectivity index is 1.51. The summed E-state index contributed by atoms with van der Waals surface area (Å²) in [4.78, 5) is 6.53. The summed E-state index contributed by atoms with van der Waals surface area (Å²) < 4.78 is 39.5. The highest BCUT2D eigenvalue weighted by Crippen LogP contribution is 2.33. The molecule has 146 valence electrons. The molecule has 0 unspecified atom stereocenters. The lowest BCUT2D eigenvalue weighted by atomic mass is 10.1. The Labute approximate surface area is 163 Å². The highest BCUT2D eigenvalue weighted by atomic mass is 32.2. The number of phenolic OH excluding ortho intramolecular Hbond substituents is 1. The predicted molar refractivity (Wildman–Crippen MR) is 105 cm³/mol. The number of nitrogens with zero attached hydrogens (tertiary/aromatic N) is 2. The number of fused-ring (bicyclic) bond motifs is 1. The number of piperidine rings is 1. The third-order valence-electron chi connectivity index (χ3n) is 5.31. The molecule has 1 aliphatic heterocycles. The number of halogens is 1. The fourth-order valence-corrected chi connectivity index (χ4v) is 5.70. The number of phenols is 1. The lowest BCUT2D eigenvalue weighted by Gasteiger charge is -2.31. The van der Waals surface area contributed by atoms with Crippen LogP contribution >= 0.6 is 0 Å². The zero-order valence-electron chi connectivity index (χ0n) is 15.3. The maximum Gasteiger partial charge on any atom is 0.182 e. The molecule has 0 amide bonds. The van der Waals surface area contributed by atoms with Crippen molar-refractivity contribution in [2.45, 2.75) is 29.5 Å². The van der Waals surface area contributed by atoms with Crippen LogP contribution < -0.4 is 0 Å². The van der Waals surface area contributed by atoms with Crippen LogP contribution in [0.25, 0.3) is 10.9 Å². The van der Waals surface area contributed by atoms with Crippen molar-refractivity contribution in [3.8, 4) is 5.75 Å². The zero-order valence-corrected chi connectivity index (χ0v) is 16.1. The molecule has 1 saturated heterocycles. The van der Waals surface area contributed by atoms with E-state index in [-0.39, 0.29) is 16.5 Å². The average molecular weight is 400 g/mol. The van der Waals surface area contributed by atoms with Crippen molar-refractivity contribution in [2.24, 2.45) is 0 Å². The van der Waals surface area contributed by atoms with Gasteiger partial charge in [0.1, 0.15) is 17.1 Å².